The zero-order valence-corrected chi connectivity index (χ0v) is 11.6. The number of aryl methyl sites for hydroxylation is 1. The first-order valence-electron chi connectivity index (χ1n) is 6.67. The van der Waals surface area contributed by atoms with E-state index in [-0.39, 0.29) is 11.9 Å². The summed E-state index contributed by atoms with van der Waals surface area (Å²) in [7, 11) is 0. The van der Waals surface area contributed by atoms with Crippen molar-refractivity contribution in [2.24, 2.45) is 5.73 Å². The Hall–Kier alpha value is -1.35. The zero-order chi connectivity index (χ0) is 13.5. The van der Waals surface area contributed by atoms with Gasteiger partial charge in [0, 0.05) is 0 Å². The number of hydrogen-bond donors (Lipinski definition) is 2. The molecule has 0 spiro atoms. The molecule has 0 aliphatic carbocycles. The molecule has 0 unspecified atom stereocenters. The molecule has 0 radical (unpaired) electrons. The molecule has 0 saturated heterocycles. The Morgan fingerprint density at radius 2 is 1.94 bits per heavy atom. The predicted octanol–water partition coefficient (Wildman–Crippen LogP) is 2.69. The SMILES string of the molecule is CCCC[C@H](N)C(=O)N[C@@H](C)c1ccc(C)cc1. The maximum Gasteiger partial charge on any atom is 0.237 e. The van der Waals surface area contributed by atoms with Crippen LogP contribution in [0, 0.1) is 6.92 Å². The van der Waals surface area contributed by atoms with Crippen molar-refractivity contribution in [3.05, 3.63) is 35.4 Å². The largest absolute Gasteiger partial charge is 0.348 e. The highest BCUT2D eigenvalue weighted by Gasteiger charge is 2.15. The standard InChI is InChI=1S/C15H24N2O/c1-4-5-6-14(16)15(18)17-12(3)13-9-7-11(2)8-10-13/h7-10,12,14H,4-6,16H2,1-3H3,(H,17,18)/t12-,14-/m0/s1. The molecule has 0 fully saturated rings. The highest BCUT2D eigenvalue weighted by atomic mass is 16.2. The Bertz CT molecular complexity index is 373. The van der Waals surface area contributed by atoms with Gasteiger partial charge in [-0.15, -0.1) is 0 Å². The van der Waals surface area contributed by atoms with Crippen molar-refractivity contribution >= 4 is 5.91 Å². The number of unbranched alkanes of at least 4 members (excludes halogenated alkanes) is 1. The molecular formula is C15H24N2O. The number of benzene rings is 1. The Kier molecular flexibility index (Phi) is 5.86. The second-order valence-corrected chi connectivity index (χ2v) is 4.89. The van der Waals surface area contributed by atoms with E-state index in [0.717, 1.165) is 24.8 Å². The second-order valence-electron chi connectivity index (χ2n) is 4.89. The monoisotopic (exact) mass is 248 g/mol. The van der Waals surface area contributed by atoms with Gasteiger partial charge in [0.25, 0.3) is 0 Å². The van der Waals surface area contributed by atoms with Crippen LogP contribution >= 0.6 is 0 Å². The van der Waals surface area contributed by atoms with E-state index in [4.69, 9.17) is 5.73 Å². The van der Waals surface area contributed by atoms with Crippen LogP contribution in [0.1, 0.15) is 50.3 Å². The summed E-state index contributed by atoms with van der Waals surface area (Å²) in [4.78, 5) is 11.9. The minimum atomic E-state index is -0.391. The summed E-state index contributed by atoms with van der Waals surface area (Å²) in [5.41, 5.74) is 8.17. The van der Waals surface area contributed by atoms with Gasteiger partial charge in [-0.1, -0.05) is 49.6 Å². The molecule has 2 atom stereocenters. The molecule has 3 nitrogen and oxygen atoms in total. The third-order valence-electron chi connectivity index (χ3n) is 3.14. The van der Waals surface area contributed by atoms with E-state index in [1.54, 1.807) is 0 Å². The van der Waals surface area contributed by atoms with Gasteiger partial charge in [-0.3, -0.25) is 4.79 Å². The van der Waals surface area contributed by atoms with Gasteiger partial charge in [-0.2, -0.15) is 0 Å². The topological polar surface area (TPSA) is 55.1 Å². The van der Waals surface area contributed by atoms with E-state index in [9.17, 15) is 4.79 Å². The van der Waals surface area contributed by atoms with Crippen LogP contribution in [-0.2, 0) is 4.79 Å². The number of carbonyl (C=O) groups excluding carboxylic acids is 1. The normalized spacial score (nSPS) is 14.0. The molecule has 0 aromatic heterocycles. The highest BCUT2D eigenvalue weighted by molar-refractivity contribution is 5.81. The lowest BCUT2D eigenvalue weighted by Crippen LogP contribution is -2.41. The minimum absolute atomic E-state index is 0.00535. The second kappa shape index (κ2) is 7.17. The van der Waals surface area contributed by atoms with Gasteiger partial charge in [0.1, 0.15) is 0 Å². The van der Waals surface area contributed by atoms with E-state index >= 15 is 0 Å². The minimum Gasteiger partial charge on any atom is -0.348 e. The molecule has 100 valence electrons. The third-order valence-corrected chi connectivity index (χ3v) is 3.14. The van der Waals surface area contributed by atoms with Crippen molar-refractivity contribution in [3.8, 4) is 0 Å². The van der Waals surface area contributed by atoms with Crippen molar-refractivity contribution in [2.75, 3.05) is 0 Å². The Balaban J connectivity index is 2.51. The van der Waals surface area contributed by atoms with Crippen LogP contribution in [0.15, 0.2) is 24.3 Å². The van der Waals surface area contributed by atoms with Gasteiger partial charge < -0.3 is 11.1 Å². The van der Waals surface area contributed by atoms with Gasteiger partial charge in [-0.05, 0) is 25.8 Å². The summed E-state index contributed by atoms with van der Waals surface area (Å²) in [6.45, 7) is 6.13. The van der Waals surface area contributed by atoms with Crippen molar-refractivity contribution in [1.82, 2.24) is 5.32 Å². The number of nitrogens with one attached hydrogen (secondary N) is 1. The molecule has 0 bridgehead atoms. The quantitative estimate of drug-likeness (QED) is 0.813. The van der Waals surface area contributed by atoms with Crippen LogP contribution in [0.3, 0.4) is 0 Å². The fourth-order valence-electron chi connectivity index (χ4n) is 1.81. The van der Waals surface area contributed by atoms with Gasteiger partial charge in [-0.25, -0.2) is 0 Å². The average molecular weight is 248 g/mol. The number of nitrogens with two attached hydrogens (primary N) is 1. The van der Waals surface area contributed by atoms with Gasteiger partial charge >= 0.3 is 0 Å². The van der Waals surface area contributed by atoms with E-state index in [0.29, 0.717) is 0 Å². The first-order valence-corrected chi connectivity index (χ1v) is 6.67. The summed E-state index contributed by atoms with van der Waals surface area (Å²) >= 11 is 0. The number of amides is 1. The van der Waals surface area contributed by atoms with Crippen LogP contribution < -0.4 is 11.1 Å². The molecule has 1 amide bonds. The zero-order valence-electron chi connectivity index (χ0n) is 11.6. The van der Waals surface area contributed by atoms with Crippen molar-refractivity contribution in [2.45, 2.75) is 52.1 Å². The lowest BCUT2D eigenvalue weighted by molar-refractivity contribution is -0.123. The van der Waals surface area contributed by atoms with Gasteiger partial charge in [0.2, 0.25) is 5.91 Å². The third kappa shape index (κ3) is 4.49. The molecule has 0 heterocycles. The molecule has 0 aliphatic rings. The number of hydrogen-bond acceptors (Lipinski definition) is 2. The smallest absolute Gasteiger partial charge is 0.237 e. The summed E-state index contributed by atoms with van der Waals surface area (Å²) in [6.07, 6.45) is 2.81. The summed E-state index contributed by atoms with van der Waals surface area (Å²) in [5, 5.41) is 2.96. The van der Waals surface area contributed by atoms with Crippen LogP contribution in [0.4, 0.5) is 0 Å². The number of rotatable bonds is 6. The molecular weight excluding hydrogens is 224 g/mol. The van der Waals surface area contributed by atoms with E-state index in [1.807, 2.05) is 26.0 Å². The van der Waals surface area contributed by atoms with Crippen LogP contribution in [-0.4, -0.2) is 11.9 Å². The maximum absolute atomic E-state index is 11.9. The Morgan fingerprint density at radius 3 is 2.50 bits per heavy atom. The highest BCUT2D eigenvalue weighted by Crippen LogP contribution is 2.13. The summed E-state index contributed by atoms with van der Waals surface area (Å²) < 4.78 is 0. The Labute approximate surface area is 110 Å². The summed E-state index contributed by atoms with van der Waals surface area (Å²) in [6, 6.07) is 7.79. The van der Waals surface area contributed by atoms with Crippen LogP contribution in [0.2, 0.25) is 0 Å². The molecule has 18 heavy (non-hydrogen) atoms. The van der Waals surface area contributed by atoms with Crippen LogP contribution in [0.5, 0.6) is 0 Å². The lowest BCUT2D eigenvalue weighted by atomic mass is 10.1. The molecule has 0 saturated carbocycles. The summed E-state index contributed by atoms with van der Waals surface area (Å²) in [5.74, 6) is -0.0588. The first-order chi connectivity index (χ1) is 8.54. The fourth-order valence-corrected chi connectivity index (χ4v) is 1.81. The fraction of sp³-hybridized carbons (Fsp3) is 0.533. The molecule has 1 rings (SSSR count). The first kappa shape index (κ1) is 14.7. The number of carbonyl (C=O) groups is 1. The molecule has 0 aliphatic heterocycles. The van der Waals surface area contributed by atoms with Crippen molar-refractivity contribution in [3.63, 3.8) is 0 Å². The average Bonchev–Trinajstić information content (AvgIpc) is 2.36. The Morgan fingerprint density at radius 1 is 1.33 bits per heavy atom. The van der Waals surface area contributed by atoms with Crippen LogP contribution in [0.25, 0.3) is 0 Å². The predicted molar refractivity (Wildman–Crippen MR) is 75.2 cm³/mol. The lowest BCUT2D eigenvalue weighted by Gasteiger charge is -2.18. The van der Waals surface area contributed by atoms with Crippen molar-refractivity contribution < 1.29 is 4.79 Å². The maximum atomic E-state index is 11.9. The van der Waals surface area contributed by atoms with Crippen molar-refractivity contribution in [1.29, 1.82) is 0 Å². The molecule has 1 aromatic carbocycles. The van der Waals surface area contributed by atoms with E-state index in [2.05, 4.69) is 24.4 Å². The van der Waals surface area contributed by atoms with E-state index < -0.39 is 6.04 Å². The van der Waals surface area contributed by atoms with Gasteiger partial charge in [0.05, 0.1) is 12.1 Å². The van der Waals surface area contributed by atoms with E-state index in [1.165, 1.54) is 5.56 Å². The molecule has 3 N–H and O–H groups in total. The van der Waals surface area contributed by atoms with Gasteiger partial charge in [0.15, 0.2) is 0 Å². The molecule has 3 heteroatoms. The molecule has 1 aromatic rings.